The number of unbranched alkanes of at least 4 members (excludes halogenated alkanes) is 3. The molecule has 0 radical (unpaired) electrons. The zero-order chi connectivity index (χ0) is 52.8. The number of carbonyl (C=O) groups excluding carboxylic acids is 3. The first kappa shape index (κ1) is 54.6. The summed E-state index contributed by atoms with van der Waals surface area (Å²) in [5, 5.41) is 7.28. The van der Waals surface area contributed by atoms with Gasteiger partial charge in [-0.2, -0.15) is 13.0 Å². The molecule has 1 aromatic heterocycles. The highest BCUT2D eigenvalue weighted by Gasteiger charge is 2.44. The van der Waals surface area contributed by atoms with Gasteiger partial charge in [0.15, 0.2) is 16.8 Å². The van der Waals surface area contributed by atoms with E-state index in [9.17, 15) is 36.1 Å². The van der Waals surface area contributed by atoms with Gasteiger partial charge >= 0.3 is 0 Å². The van der Waals surface area contributed by atoms with E-state index in [1.807, 2.05) is 63.3 Å². The third-order valence-corrected chi connectivity index (χ3v) is 15.7. The minimum absolute atomic E-state index is 0.0416. The van der Waals surface area contributed by atoms with E-state index in [1.165, 1.54) is 6.07 Å². The number of nitrogens with one attached hydrogen (secondary N) is 2. The summed E-state index contributed by atoms with van der Waals surface area (Å²) < 4.78 is 65.2. The van der Waals surface area contributed by atoms with Crippen molar-refractivity contribution < 1.29 is 45.4 Å². The summed E-state index contributed by atoms with van der Waals surface area (Å²) in [7, 11) is -2.86. The van der Waals surface area contributed by atoms with Gasteiger partial charge in [0.1, 0.15) is 12.3 Å². The van der Waals surface area contributed by atoms with Crippen LogP contribution in [0.5, 0.6) is 5.75 Å². The summed E-state index contributed by atoms with van der Waals surface area (Å²) >= 11 is 3.99. The lowest BCUT2D eigenvalue weighted by Gasteiger charge is -2.27. The molecule has 1 atom stereocenters. The number of carbonyl (C=O) groups is 3. The van der Waals surface area contributed by atoms with Crippen molar-refractivity contribution in [2.24, 2.45) is 0 Å². The second-order valence-electron chi connectivity index (χ2n) is 19.4. The van der Waals surface area contributed by atoms with E-state index in [2.05, 4.69) is 47.0 Å². The van der Waals surface area contributed by atoms with Gasteiger partial charge < -0.3 is 24.8 Å². The van der Waals surface area contributed by atoms with E-state index in [4.69, 9.17) is 16.3 Å². The van der Waals surface area contributed by atoms with Crippen molar-refractivity contribution in [1.82, 2.24) is 15.2 Å². The summed E-state index contributed by atoms with van der Waals surface area (Å²) in [6, 6.07) is 22.2. The van der Waals surface area contributed by atoms with Gasteiger partial charge in [0.25, 0.3) is 16.0 Å². The van der Waals surface area contributed by atoms with Crippen LogP contribution >= 0.6 is 11.6 Å². The fourth-order valence-corrected chi connectivity index (χ4v) is 11.1. The molecule has 4 aromatic carbocycles. The molecule has 386 valence electrons. The summed E-state index contributed by atoms with van der Waals surface area (Å²) in [6.07, 6.45) is 14.0. The van der Waals surface area contributed by atoms with Gasteiger partial charge in [-0.1, -0.05) is 50.1 Å². The normalized spacial score (nSPS) is 15.9. The van der Waals surface area contributed by atoms with Crippen LogP contribution in [0, 0.1) is 6.92 Å². The number of anilines is 1. The molecular formula is C56H65ClN5O9S2+. The highest BCUT2D eigenvalue weighted by Crippen LogP contribution is 2.49. The number of methoxy groups -OCH3 is 1. The second-order valence-corrected chi connectivity index (χ2v) is 22.2. The number of halogens is 1. The quantitative estimate of drug-likeness (QED) is 0.0181. The van der Waals surface area contributed by atoms with Gasteiger partial charge in [-0.15, -0.1) is 0 Å². The number of hydrogen-bond acceptors (Lipinski definition) is 8. The summed E-state index contributed by atoms with van der Waals surface area (Å²) in [5.41, 5.74) is 7.19. The topological polar surface area (TPSA) is 187 Å². The number of nitrogens with zero attached hydrogens (tertiary/aromatic N) is 3. The molecule has 5 aromatic rings. The fourth-order valence-electron chi connectivity index (χ4n) is 10.1. The number of rotatable bonds is 21. The highest BCUT2D eigenvalue weighted by atomic mass is 35.5. The lowest BCUT2D eigenvalue weighted by Crippen LogP contribution is -2.28. The maximum Gasteiger partial charge on any atom is 0.294 e. The molecule has 0 fully saturated rings. The molecule has 3 heterocycles. The molecule has 73 heavy (non-hydrogen) atoms. The lowest BCUT2D eigenvalue weighted by atomic mass is 9.81. The zero-order valence-electron chi connectivity index (χ0n) is 42.5. The zero-order valence-corrected chi connectivity index (χ0v) is 44.8. The number of fused-ring (bicyclic) bond motifs is 3. The molecule has 4 N–H and O–H groups in total. The minimum atomic E-state index is -4.43. The van der Waals surface area contributed by atoms with Crippen molar-refractivity contribution in [1.29, 1.82) is 0 Å². The van der Waals surface area contributed by atoms with Crippen LogP contribution in [-0.4, -0.2) is 87.6 Å². The van der Waals surface area contributed by atoms with Crippen LogP contribution in [0.2, 0.25) is 5.02 Å². The molecule has 2 aliphatic rings. The molecule has 7 rings (SSSR count). The van der Waals surface area contributed by atoms with Crippen molar-refractivity contribution in [2.75, 3.05) is 38.2 Å². The Balaban J connectivity index is 0.896. The third kappa shape index (κ3) is 11.9. The Morgan fingerprint density at radius 2 is 1.55 bits per heavy atom. The van der Waals surface area contributed by atoms with Crippen molar-refractivity contribution >= 4 is 78.5 Å². The van der Waals surface area contributed by atoms with Crippen molar-refractivity contribution in [3.8, 4) is 5.75 Å². The maximum absolute atomic E-state index is 13.7. The van der Waals surface area contributed by atoms with Gasteiger partial charge in [0.05, 0.1) is 34.3 Å². The smallest absolute Gasteiger partial charge is 0.294 e. The standard InChI is InChI=1S/C56H64ClN5O9S2/c1-8-60-48-28-25-41(72(66)67)34-45(48)55(3,4)50(60)17-11-9-12-18-51-56(5,6)46-35-42(73(68,69)70)26-29-49(46)61(51)32-16-10-13-19-52(63)58-30-14-15-31-59-53(64)36-43-37(2)62(47-27-24-40(71-7)33-44(43)47)54(65)38-20-22-39(57)23-21-38/h9,11-12,17-18,20-29,33-35H,8,10,13-16,19,30-32,36H2,1-7H3,(H3-,58,59,63,64,66,67,68,69,70)/p+1. The van der Waals surface area contributed by atoms with Crippen LogP contribution in [0.15, 0.2) is 125 Å². The molecule has 0 saturated heterocycles. The summed E-state index contributed by atoms with van der Waals surface area (Å²) in [4.78, 5) is 42.1. The van der Waals surface area contributed by atoms with Gasteiger partial charge in [0, 0.05) is 82.2 Å². The monoisotopic (exact) mass is 1050 g/mol. The average molecular weight is 1050 g/mol. The Morgan fingerprint density at radius 3 is 2.22 bits per heavy atom. The van der Waals surface area contributed by atoms with Crippen LogP contribution in [-0.2, 0) is 48.0 Å². The van der Waals surface area contributed by atoms with Crippen LogP contribution < -0.4 is 20.3 Å². The number of aromatic nitrogens is 1. The molecule has 0 saturated carbocycles. The third-order valence-electron chi connectivity index (χ3n) is 14.0. The van der Waals surface area contributed by atoms with E-state index in [0.717, 1.165) is 64.2 Å². The maximum atomic E-state index is 13.7. The molecule has 14 nitrogen and oxygen atoms in total. The van der Waals surface area contributed by atoms with Crippen molar-refractivity contribution in [3.05, 3.63) is 148 Å². The Kier molecular flexibility index (Phi) is 17.2. The molecule has 2 amide bonds. The molecular weight excluding hydrogens is 986 g/mol. The Bertz CT molecular complexity index is 3210. The molecule has 2 aliphatic heterocycles. The molecule has 0 bridgehead atoms. The van der Waals surface area contributed by atoms with Crippen LogP contribution in [0.1, 0.15) is 106 Å². The Hall–Kier alpha value is -6.17. The first-order valence-electron chi connectivity index (χ1n) is 24.6. The predicted molar refractivity (Wildman–Crippen MR) is 289 cm³/mol. The van der Waals surface area contributed by atoms with E-state index in [0.29, 0.717) is 77.8 Å². The van der Waals surface area contributed by atoms with Crippen molar-refractivity contribution in [3.63, 3.8) is 0 Å². The van der Waals surface area contributed by atoms with Gasteiger partial charge in [-0.25, -0.2) is 4.21 Å². The summed E-state index contributed by atoms with van der Waals surface area (Å²) in [5.74, 6) is 0.171. The number of ether oxygens (including phenoxy) is 1. The predicted octanol–water partition coefficient (Wildman–Crippen LogP) is 10.1. The number of allylic oxidation sites excluding steroid dienone is 6. The van der Waals surface area contributed by atoms with Gasteiger partial charge in [0.2, 0.25) is 17.5 Å². The fraction of sp³-hybridized carbons (Fsp3) is 0.357. The van der Waals surface area contributed by atoms with Crippen LogP contribution in [0.25, 0.3) is 10.9 Å². The van der Waals surface area contributed by atoms with E-state index in [1.54, 1.807) is 66.3 Å². The Labute approximate surface area is 435 Å². The Morgan fingerprint density at radius 1 is 0.836 bits per heavy atom. The van der Waals surface area contributed by atoms with Crippen molar-refractivity contribution in [2.45, 2.75) is 107 Å². The number of amides is 2. The van der Waals surface area contributed by atoms with E-state index < -0.39 is 32.0 Å². The highest BCUT2D eigenvalue weighted by molar-refractivity contribution is 7.85. The first-order chi connectivity index (χ1) is 34.7. The minimum Gasteiger partial charge on any atom is -0.497 e. The second kappa shape index (κ2) is 22.9. The van der Waals surface area contributed by atoms with E-state index >= 15 is 0 Å². The first-order valence-corrected chi connectivity index (χ1v) is 27.5. The summed E-state index contributed by atoms with van der Waals surface area (Å²) in [6.45, 7) is 14.4. The SMILES string of the molecule is CC[N+]1=C(/C=C/C=C/C=C2/N(CCCCCC(=O)NCCCCNC(=O)Cc3c(C)n(C(=O)c4ccc(Cl)cc4)c4ccc(OC)cc34)c3ccc(S(=O)(=O)O)cc3C2(C)C)C(C)(C)c2cc(S(=O)O)ccc21. The largest absolute Gasteiger partial charge is 0.497 e. The van der Waals surface area contributed by atoms with Gasteiger partial charge in [-0.3, -0.25) is 23.5 Å². The average Bonchev–Trinajstić information content (AvgIpc) is 3.84. The van der Waals surface area contributed by atoms with E-state index in [-0.39, 0.29) is 29.0 Å². The van der Waals surface area contributed by atoms with Gasteiger partial charge in [-0.05, 0) is 143 Å². The molecule has 0 aliphatic carbocycles. The van der Waals surface area contributed by atoms with Crippen LogP contribution in [0.4, 0.5) is 11.4 Å². The number of benzene rings is 4. The molecule has 1 unspecified atom stereocenters. The number of hydrogen-bond donors (Lipinski definition) is 4. The van der Waals surface area contributed by atoms with Crippen LogP contribution in [0.3, 0.4) is 0 Å². The molecule has 0 spiro atoms. The lowest BCUT2D eigenvalue weighted by molar-refractivity contribution is -0.433. The molecule has 17 heteroatoms.